The van der Waals surface area contributed by atoms with Crippen LogP contribution < -0.4 is 4.90 Å². The topological polar surface area (TPSA) is 43.8 Å². The van der Waals surface area contributed by atoms with E-state index >= 15 is 0 Å². The van der Waals surface area contributed by atoms with Gasteiger partial charge in [0.25, 0.3) is 0 Å². The smallest absolute Gasteiger partial charge is 0.305 e. The maximum atomic E-state index is 13.8. The van der Waals surface area contributed by atoms with Gasteiger partial charge in [-0.2, -0.15) is 0 Å². The van der Waals surface area contributed by atoms with Gasteiger partial charge in [-0.1, -0.05) is 0 Å². The standard InChI is InChI=1S/C14H20F2N2O2/c1-17(2)7-3-8-18(9-6-14(19)20)13-10-11(15)4-5-12(13)16/h4-5,10H,3,6-9H2,1-2H3,(H,19,20). The summed E-state index contributed by atoms with van der Waals surface area (Å²) in [7, 11) is 3.84. The van der Waals surface area contributed by atoms with Crippen LogP contribution in [0.5, 0.6) is 0 Å². The molecule has 0 aliphatic carbocycles. The number of aliphatic carboxylic acids is 1. The third-order valence-electron chi connectivity index (χ3n) is 2.88. The van der Waals surface area contributed by atoms with E-state index in [-0.39, 0.29) is 18.7 Å². The molecule has 1 N–H and O–H groups in total. The van der Waals surface area contributed by atoms with Crippen LogP contribution in [0.3, 0.4) is 0 Å². The maximum absolute atomic E-state index is 13.8. The number of hydrogen-bond donors (Lipinski definition) is 1. The molecule has 0 heterocycles. The lowest BCUT2D eigenvalue weighted by atomic mass is 10.2. The SMILES string of the molecule is CN(C)CCCN(CCC(=O)O)c1cc(F)ccc1F. The van der Waals surface area contributed by atoms with Gasteiger partial charge in [0.2, 0.25) is 0 Å². The number of nitrogens with zero attached hydrogens (tertiary/aromatic N) is 2. The molecule has 0 aliphatic heterocycles. The highest BCUT2D eigenvalue weighted by molar-refractivity contribution is 5.67. The van der Waals surface area contributed by atoms with E-state index in [2.05, 4.69) is 0 Å². The van der Waals surface area contributed by atoms with Crippen LogP contribution >= 0.6 is 0 Å². The van der Waals surface area contributed by atoms with Crippen LogP contribution in [0.15, 0.2) is 18.2 Å². The monoisotopic (exact) mass is 286 g/mol. The largest absolute Gasteiger partial charge is 0.481 e. The fraction of sp³-hybridized carbons (Fsp3) is 0.500. The molecule has 112 valence electrons. The van der Waals surface area contributed by atoms with E-state index in [1.54, 1.807) is 4.90 Å². The van der Waals surface area contributed by atoms with E-state index in [1.807, 2.05) is 19.0 Å². The van der Waals surface area contributed by atoms with Gasteiger partial charge in [0, 0.05) is 19.2 Å². The van der Waals surface area contributed by atoms with Crippen LogP contribution in [0.25, 0.3) is 0 Å². The second-order valence-electron chi connectivity index (χ2n) is 4.88. The molecular weight excluding hydrogens is 266 g/mol. The molecule has 0 fully saturated rings. The van der Waals surface area contributed by atoms with Crippen molar-refractivity contribution in [2.75, 3.05) is 38.6 Å². The molecule has 0 amide bonds. The van der Waals surface area contributed by atoms with Crippen LogP contribution in [-0.2, 0) is 4.79 Å². The van der Waals surface area contributed by atoms with Gasteiger partial charge in [-0.3, -0.25) is 4.79 Å². The summed E-state index contributed by atoms with van der Waals surface area (Å²) in [5.41, 5.74) is 0.116. The van der Waals surface area contributed by atoms with Crippen LogP contribution in [0, 0.1) is 11.6 Å². The molecule has 1 rings (SSSR count). The summed E-state index contributed by atoms with van der Waals surface area (Å²) in [5, 5.41) is 8.74. The Morgan fingerprint density at radius 2 is 1.90 bits per heavy atom. The second kappa shape index (κ2) is 7.79. The molecule has 6 heteroatoms. The summed E-state index contributed by atoms with van der Waals surface area (Å²) < 4.78 is 27.0. The number of carboxylic acids is 1. The van der Waals surface area contributed by atoms with Crippen molar-refractivity contribution in [3.63, 3.8) is 0 Å². The zero-order valence-electron chi connectivity index (χ0n) is 11.8. The average molecular weight is 286 g/mol. The highest BCUT2D eigenvalue weighted by atomic mass is 19.1. The third kappa shape index (κ3) is 5.52. The normalized spacial score (nSPS) is 10.8. The van der Waals surface area contributed by atoms with Crippen LogP contribution in [0.2, 0.25) is 0 Å². The summed E-state index contributed by atoms with van der Waals surface area (Å²) in [6.07, 6.45) is 0.625. The molecule has 4 nitrogen and oxygen atoms in total. The van der Waals surface area contributed by atoms with Gasteiger partial charge in [-0.25, -0.2) is 8.78 Å². The minimum atomic E-state index is -0.959. The Kier molecular flexibility index (Phi) is 6.38. The molecule has 0 atom stereocenters. The van der Waals surface area contributed by atoms with Gasteiger partial charge >= 0.3 is 5.97 Å². The average Bonchev–Trinajstić information content (AvgIpc) is 2.36. The molecule has 0 unspecified atom stereocenters. The number of anilines is 1. The first-order chi connectivity index (χ1) is 9.40. The number of halogens is 2. The molecule has 0 aliphatic rings. The van der Waals surface area contributed by atoms with Gasteiger partial charge in [-0.05, 0) is 39.2 Å². The molecule has 0 aromatic heterocycles. The number of carbonyl (C=O) groups is 1. The van der Waals surface area contributed by atoms with Crippen molar-refractivity contribution < 1.29 is 18.7 Å². The molecule has 0 spiro atoms. The van der Waals surface area contributed by atoms with Crippen molar-refractivity contribution in [2.45, 2.75) is 12.8 Å². The van der Waals surface area contributed by atoms with E-state index in [9.17, 15) is 13.6 Å². The van der Waals surface area contributed by atoms with E-state index in [0.29, 0.717) is 6.54 Å². The predicted molar refractivity (Wildman–Crippen MR) is 74.0 cm³/mol. The van der Waals surface area contributed by atoms with Crippen molar-refractivity contribution in [1.29, 1.82) is 0 Å². The Bertz CT molecular complexity index is 453. The molecule has 20 heavy (non-hydrogen) atoms. The molecule has 0 saturated heterocycles. The van der Waals surface area contributed by atoms with Crippen molar-refractivity contribution in [1.82, 2.24) is 4.90 Å². The number of rotatable bonds is 8. The molecule has 1 aromatic rings. The first-order valence-electron chi connectivity index (χ1n) is 6.46. The lowest BCUT2D eigenvalue weighted by Crippen LogP contribution is -2.30. The zero-order valence-corrected chi connectivity index (χ0v) is 11.8. The van der Waals surface area contributed by atoms with Crippen molar-refractivity contribution in [2.24, 2.45) is 0 Å². The summed E-state index contributed by atoms with van der Waals surface area (Å²) in [6, 6.07) is 3.21. The fourth-order valence-electron chi connectivity index (χ4n) is 1.89. The van der Waals surface area contributed by atoms with Crippen LogP contribution in [-0.4, -0.2) is 49.7 Å². The minimum absolute atomic E-state index is 0.113. The van der Waals surface area contributed by atoms with Crippen LogP contribution in [0.4, 0.5) is 14.5 Å². The molecular formula is C14H20F2N2O2. The van der Waals surface area contributed by atoms with E-state index in [0.717, 1.165) is 31.2 Å². The lowest BCUT2D eigenvalue weighted by Gasteiger charge is -2.25. The Morgan fingerprint density at radius 1 is 1.20 bits per heavy atom. The first-order valence-corrected chi connectivity index (χ1v) is 6.46. The lowest BCUT2D eigenvalue weighted by molar-refractivity contribution is -0.136. The van der Waals surface area contributed by atoms with Crippen molar-refractivity contribution >= 4 is 11.7 Å². The Balaban J connectivity index is 2.79. The summed E-state index contributed by atoms with van der Waals surface area (Å²) in [5.74, 6) is -2.03. The Hall–Kier alpha value is -1.69. The maximum Gasteiger partial charge on any atom is 0.305 e. The predicted octanol–water partition coefficient (Wildman–Crippen LogP) is 2.20. The molecule has 1 aromatic carbocycles. The number of benzene rings is 1. The minimum Gasteiger partial charge on any atom is -0.481 e. The molecule has 0 saturated carbocycles. The van der Waals surface area contributed by atoms with Crippen molar-refractivity contribution in [3.05, 3.63) is 29.8 Å². The van der Waals surface area contributed by atoms with Gasteiger partial charge in [0.15, 0.2) is 0 Å². The highest BCUT2D eigenvalue weighted by Gasteiger charge is 2.14. The van der Waals surface area contributed by atoms with Gasteiger partial charge < -0.3 is 14.9 Å². The van der Waals surface area contributed by atoms with Crippen molar-refractivity contribution in [3.8, 4) is 0 Å². The Morgan fingerprint density at radius 3 is 2.50 bits per heavy atom. The summed E-state index contributed by atoms with van der Waals surface area (Å²) >= 11 is 0. The first kappa shape index (κ1) is 16.4. The molecule has 0 radical (unpaired) electrons. The van der Waals surface area contributed by atoms with Crippen LogP contribution in [0.1, 0.15) is 12.8 Å². The van der Waals surface area contributed by atoms with Gasteiger partial charge in [-0.15, -0.1) is 0 Å². The number of hydrogen-bond acceptors (Lipinski definition) is 3. The summed E-state index contributed by atoms with van der Waals surface area (Å²) in [4.78, 5) is 14.2. The third-order valence-corrected chi connectivity index (χ3v) is 2.88. The van der Waals surface area contributed by atoms with Gasteiger partial charge in [0.1, 0.15) is 11.6 Å². The van der Waals surface area contributed by atoms with Gasteiger partial charge in [0.05, 0.1) is 12.1 Å². The summed E-state index contributed by atoms with van der Waals surface area (Å²) in [6.45, 7) is 1.43. The zero-order chi connectivity index (χ0) is 15.1. The van der Waals surface area contributed by atoms with E-state index in [4.69, 9.17) is 5.11 Å². The van der Waals surface area contributed by atoms with E-state index in [1.165, 1.54) is 0 Å². The number of carboxylic acid groups (broad SMARTS) is 1. The second-order valence-corrected chi connectivity index (χ2v) is 4.88. The quantitative estimate of drug-likeness (QED) is 0.795. The van der Waals surface area contributed by atoms with E-state index < -0.39 is 17.6 Å². The fourth-order valence-corrected chi connectivity index (χ4v) is 1.89. The highest BCUT2D eigenvalue weighted by Crippen LogP contribution is 2.21. The Labute approximate surface area is 117 Å². The molecule has 0 bridgehead atoms.